The van der Waals surface area contributed by atoms with Crippen LogP contribution in [-0.2, 0) is 40.6 Å². The number of hydroxylamine groups is 2. The largest absolute Gasteiger partial charge is 0.343 e. The van der Waals surface area contributed by atoms with Gasteiger partial charge in [-0.05, 0) is 24.1 Å². The van der Waals surface area contributed by atoms with E-state index in [0.29, 0.717) is 5.56 Å². The Kier molecular flexibility index (Phi) is 5.28. The third-order valence-electron chi connectivity index (χ3n) is 3.44. The quantitative estimate of drug-likeness (QED) is 0.310. The summed E-state index contributed by atoms with van der Waals surface area (Å²) in [5.41, 5.74) is 0.422. The Morgan fingerprint density at radius 1 is 1.36 bits per heavy atom. The average molecular weight is 373 g/mol. The first-order valence-electron chi connectivity index (χ1n) is 6.88. The molecule has 1 aliphatic heterocycles. The molecule has 2 atom stereocenters. The average Bonchev–Trinajstić information content (AvgIpc) is 2.82. The first-order valence-corrected chi connectivity index (χ1v) is 8.38. The highest BCUT2D eigenvalue weighted by atomic mass is 32.2. The second kappa shape index (κ2) is 7.07. The van der Waals surface area contributed by atoms with Crippen LogP contribution in [0, 0.1) is 11.7 Å². The van der Waals surface area contributed by atoms with Crippen molar-refractivity contribution in [2.75, 3.05) is 0 Å². The first-order chi connectivity index (χ1) is 11.6. The van der Waals surface area contributed by atoms with Crippen LogP contribution in [0.5, 0.6) is 0 Å². The van der Waals surface area contributed by atoms with Gasteiger partial charge in [0.1, 0.15) is 18.0 Å². The number of imide groups is 1. The van der Waals surface area contributed by atoms with Crippen molar-refractivity contribution in [1.82, 2.24) is 5.06 Å². The smallest absolute Gasteiger partial charge is 0.330 e. The molecule has 1 fully saturated rings. The van der Waals surface area contributed by atoms with E-state index >= 15 is 0 Å². The first kappa shape index (κ1) is 18.7. The van der Waals surface area contributed by atoms with Crippen LogP contribution >= 0.6 is 0 Å². The molecule has 1 saturated heterocycles. The fourth-order valence-electron chi connectivity index (χ4n) is 2.13. The van der Waals surface area contributed by atoms with Gasteiger partial charge >= 0.3 is 5.97 Å². The van der Waals surface area contributed by atoms with Crippen molar-refractivity contribution in [3.8, 4) is 0 Å². The van der Waals surface area contributed by atoms with Crippen molar-refractivity contribution in [3.63, 3.8) is 0 Å². The van der Waals surface area contributed by atoms with E-state index in [4.69, 9.17) is 4.55 Å². The van der Waals surface area contributed by atoms with E-state index < -0.39 is 51.3 Å². The standard InChI is InChI=1S/C14H12FNO8S/c15-10-3-1-8(2-4-10)5-9(7-17)14(20)24-16-12(18)6-11(13(16)19)25(21,22)23/h1-4,7,9,11H,5-6H2,(H,21,22,23). The van der Waals surface area contributed by atoms with Gasteiger partial charge in [-0.2, -0.15) is 8.42 Å². The second-order valence-electron chi connectivity index (χ2n) is 5.22. The minimum absolute atomic E-state index is 0.0814. The van der Waals surface area contributed by atoms with E-state index in [1.807, 2.05) is 0 Å². The summed E-state index contributed by atoms with van der Waals surface area (Å²) in [6, 6.07) is 4.90. The third kappa shape index (κ3) is 4.25. The number of nitrogens with zero attached hydrogens (tertiary/aromatic N) is 1. The van der Waals surface area contributed by atoms with E-state index in [9.17, 15) is 32.0 Å². The fourth-order valence-corrected chi connectivity index (χ4v) is 2.83. The topological polar surface area (TPSA) is 135 Å². The summed E-state index contributed by atoms with van der Waals surface area (Å²) >= 11 is 0. The maximum atomic E-state index is 12.8. The lowest BCUT2D eigenvalue weighted by atomic mass is 10.0. The minimum Gasteiger partial charge on any atom is -0.330 e. The molecule has 1 aromatic rings. The Balaban J connectivity index is 2.09. The van der Waals surface area contributed by atoms with Gasteiger partial charge in [0.05, 0.1) is 6.42 Å². The molecular formula is C14H12FNO8S. The van der Waals surface area contributed by atoms with Crippen LogP contribution in [-0.4, -0.2) is 47.4 Å². The summed E-state index contributed by atoms with van der Waals surface area (Å²) in [6.07, 6.45) is -0.841. The maximum Gasteiger partial charge on any atom is 0.343 e. The number of halogens is 1. The van der Waals surface area contributed by atoms with Crippen molar-refractivity contribution >= 4 is 34.2 Å². The zero-order chi connectivity index (χ0) is 18.8. The molecule has 1 aliphatic rings. The predicted octanol–water partition coefficient (Wildman–Crippen LogP) is -0.343. The van der Waals surface area contributed by atoms with Gasteiger partial charge in [-0.25, -0.2) is 9.18 Å². The van der Waals surface area contributed by atoms with Gasteiger partial charge in [0.15, 0.2) is 5.25 Å². The molecule has 0 radical (unpaired) electrons. The van der Waals surface area contributed by atoms with Crippen LogP contribution in [0.1, 0.15) is 12.0 Å². The van der Waals surface area contributed by atoms with E-state index in [-0.39, 0.29) is 17.8 Å². The Hall–Kier alpha value is -2.66. The second-order valence-corrected chi connectivity index (χ2v) is 6.82. The van der Waals surface area contributed by atoms with Crippen molar-refractivity contribution in [2.45, 2.75) is 18.1 Å². The Morgan fingerprint density at radius 2 is 1.96 bits per heavy atom. The lowest BCUT2D eigenvalue weighted by Gasteiger charge is -2.16. The van der Waals surface area contributed by atoms with Gasteiger partial charge in [0, 0.05) is 0 Å². The number of carbonyl (C=O) groups is 4. The van der Waals surface area contributed by atoms with E-state index in [0.717, 1.165) is 12.1 Å². The molecule has 2 amide bonds. The zero-order valence-electron chi connectivity index (χ0n) is 12.5. The molecule has 1 heterocycles. The van der Waals surface area contributed by atoms with Crippen molar-refractivity contribution in [3.05, 3.63) is 35.6 Å². The summed E-state index contributed by atoms with van der Waals surface area (Å²) < 4.78 is 43.7. The Labute approximate surface area is 141 Å². The van der Waals surface area contributed by atoms with E-state index in [1.165, 1.54) is 12.1 Å². The molecule has 1 aromatic carbocycles. The van der Waals surface area contributed by atoms with Crippen LogP contribution in [0.15, 0.2) is 24.3 Å². The number of hydrogen-bond donors (Lipinski definition) is 1. The molecule has 0 aliphatic carbocycles. The molecule has 25 heavy (non-hydrogen) atoms. The summed E-state index contributed by atoms with van der Waals surface area (Å²) in [7, 11) is -4.84. The minimum atomic E-state index is -4.84. The molecule has 9 nitrogen and oxygen atoms in total. The van der Waals surface area contributed by atoms with Gasteiger partial charge in [0.2, 0.25) is 0 Å². The highest BCUT2D eigenvalue weighted by Crippen LogP contribution is 2.21. The molecule has 2 rings (SSSR count). The van der Waals surface area contributed by atoms with Gasteiger partial charge in [0.25, 0.3) is 21.9 Å². The number of carbonyl (C=O) groups excluding carboxylic acids is 4. The van der Waals surface area contributed by atoms with Crippen molar-refractivity contribution < 1.29 is 41.4 Å². The summed E-state index contributed by atoms with van der Waals surface area (Å²) in [5, 5.41) is -2.14. The Morgan fingerprint density at radius 3 is 2.44 bits per heavy atom. The highest BCUT2D eigenvalue weighted by molar-refractivity contribution is 7.87. The van der Waals surface area contributed by atoms with Gasteiger partial charge in [-0.15, -0.1) is 5.06 Å². The zero-order valence-corrected chi connectivity index (χ0v) is 13.3. The molecule has 11 heteroatoms. The summed E-state index contributed by atoms with van der Waals surface area (Å²) in [4.78, 5) is 50.9. The third-order valence-corrected chi connectivity index (χ3v) is 4.53. The van der Waals surface area contributed by atoms with Crippen LogP contribution in [0.2, 0.25) is 0 Å². The summed E-state index contributed by atoms with van der Waals surface area (Å²) in [6.45, 7) is 0. The molecule has 0 spiro atoms. The molecule has 0 saturated carbocycles. The van der Waals surface area contributed by atoms with Gasteiger partial charge in [-0.3, -0.25) is 14.1 Å². The molecular weight excluding hydrogens is 361 g/mol. The Bertz CT molecular complexity index is 820. The lowest BCUT2D eigenvalue weighted by Crippen LogP contribution is -2.38. The van der Waals surface area contributed by atoms with Crippen LogP contribution < -0.4 is 0 Å². The normalized spacial score (nSPS) is 19.0. The number of aldehydes is 1. The highest BCUT2D eigenvalue weighted by Gasteiger charge is 2.48. The molecule has 2 unspecified atom stereocenters. The number of hydrogen-bond acceptors (Lipinski definition) is 7. The van der Waals surface area contributed by atoms with Gasteiger partial charge in [-0.1, -0.05) is 12.1 Å². The molecule has 1 N–H and O–H groups in total. The number of rotatable bonds is 6. The fraction of sp³-hybridized carbons (Fsp3) is 0.286. The molecule has 0 bridgehead atoms. The SMILES string of the molecule is O=CC(Cc1ccc(F)cc1)C(=O)ON1C(=O)CC(S(=O)(=O)O)C1=O. The van der Waals surface area contributed by atoms with Crippen molar-refractivity contribution in [2.24, 2.45) is 5.92 Å². The van der Waals surface area contributed by atoms with E-state index in [2.05, 4.69) is 4.84 Å². The maximum absolute atomic E-state index is 12.8. The molecule has 0 aromatic heterocycles. The van der Waals surface area contributed by atoms with Crippen LogP contribution in [0.4, 0.5) is 4.39 Å². The monoisotopic (exact) mass is 373 g/mol. The van der Waals surface area contributed by atoms with Crippen LogP contribution in [0.25, 0.3) is 0 Å². The van der Waals surface area contributed by atoms with E-state index in [1.54, 1.807) is 0 Å². The molecule has 134 valence electrons. The lowest BCUT2D eigenvalue weighted by molar-refractivity contribution is -0.200. The van der Waals surface area contributed by atoms with Crippen LogP contribution in [0.3, 0.4) is 0 Å². The number of benzene rings is 1. The number of amides is 2. The van der Waals surface area contributed by atoms with Gasteiger partial charge < -0.3 is 9.63 Å². The predicted molar refractivity (Wildman–Crippen MR) is 77.6 cm³/mol. The van der Waals surface area contributed by atoms with Crippen molar-refractivity contribution in [1.29, 1.82) is 0 Å². The summed E-state index contributed by atoms with van der Waals surface area (Å²) in [5.74, 6) is -5.76.